The maximum absolute atomic E-state index is 10.9. The van der Waals surface area contributed by atoms with Gasteiger partial charge in [-0.2, -0.15) is 5.26 Å². The molecule has 1 aliphatic heterocycles. The van der Waals surface area contributed by atoms with Crippen LogP contribution in [0.1, 0.15) is 55.6 Å². The van der Waals surface area contributed by atoms with Gasteiger partial charge in [-0.15, -0.1) is 0 Å². The molecule has 2 aliphatic rings. The standard InChI is InChI=1S/C27H32N2O3/c28-19-21-5-4-8-24(17-21)32-20-27(12-15-29(16-13-27)14-10-26(30)31)11-9-23-18-25(23)22-6-2-1-3-7-22/h1-8,17,23,25H,9-16,18,20H2,(H,30,31)/t23-,25?/m1/s1. The Labute approximate surface area is 190 Å². The Morgan fingerprint density at radius 3 is 2.66 bits per heavy atom. The fraction of sp³-hybridized carbons (Fsp3) is 0.481. The average molecular weight is 433 g/mol. The Hall–Kier alpha value is -2.84. The molecule has 2 aromatic carbocycles. The number of piperidine rings is 1. The summed E-state index contributed by atoms with van der Waals surface area (Å²) in [6.45, 7) is 3.11. The molecule has 1 saturated carbocycles. The molecule has 4 rings (SSSR count). The highest BCUT2D eigenvalue weighted by Gasteiger charge is 2.42. The predicted octanol–water partition coefficient (Wildman–Crippen LogP) is 5.08. The van der Waals surface area contributed by atoms with Crippen LogP contribution in [0.25, 0.3) is 0 Å². The van der Waals surface area contributed by atoms with Gasteiger partial charge in [0, 0.05) is 12.0 Å². The highest BCUT2D eigenvalue weighted by Crippen LogP contribution is 2.52. The highest BCUT2D eigenvalue weighted by molar-refractivity contribution is 5.66. The van der Waals surface area contributed by atoms with E-state index < -0.39 is 5.97 Å². The second-order valence-electron chi connectivity index (χ2n) is 9.47. The summed E-state index contributed by atoms with van der Waals surface area (Å²) in [6, 6.07) is 20.4. The third-order valence-corrected chi connectivity index (χ3v) is 7.26. The zero-order valence-corrected chi connectivity index (χ0v) is 18.6. The monoisotopic (exact) mass is 432 g/mol. The molecular weight excluding hydrogens is 400 g/mol. The number of carboxylic acid groups (broad SMARTS) is 1. The molecule has 5 nitrogen and oxygen atoms in total. The van der Waals surface area contributed by atoms with Crippen molar-refractivity contribution in [3.05, 3.63) is 65.7 Å². The number of carbonyl (C=O) groups is 1. The van der Waals surface area contributed by atoms with Crippen molar-refractivity contribution in [1.29, 1.82) is 5.26 Å². The Morgan fingerprint density at radius 1 is 1.16 bits per heavy atom. The summed E-state index contributed by atoms with van der Waals surface area (Å²) in [5.41, 5.74) is 2.18. The number of hydrogen-bond donors (Lipinski definition) is 1. The minimum atomic E-state index is -0.733. The molecule has 0 radical (unpaired) electrons. The van der Waals surface area contributed by atoms with Gasteiger partial charge < -0.3 is 14.7 Å². The van der Waals surface area contributed by atoms with Gasteiger partial charge in [-0.25, -0.2) is 0 Å². The van der Waals surface area contributed by atoms with E-state index in [1.165, 1.54) is 18.4 Å². The highest BCUT2D eigenvalue weighted by atomic mass is 16.5. The van der Waals surface area contributed by atoms with Gasteiger partial charge in [0.05, 0.1) is 24.7 Å². The lowest BCUT2D eigenvalue weighted by Gasteiger charge is -2.42. The van der Waals surface area contributed by atoms with Crippen LogP contribution in [0.4, 0.5) is 0 Å². The van der Waals surface area contributed by atoms with Gasteiger partial charge in [-0.1, -0.05) is 36.4 Å². The van der Waals surface area contributed by atoms with Crippen molar-refractivity contribution in [2.45, 2.75) is 44.4 Å². The van der Waals surface area contributed by atoms with Crippen LogP contribution < -0.4 is 4.74 Å². The third kappa shape index (κ3) is 5.89. The van der Waals surface area contributed by atoms with Crippen LogP contribution in [-0.4, -0.2) is 42.2 Å². The van der Waals surface area contributed by atoms with Crippen molar-refractivity contribution in [2.75, 3.05) is 26.2 Å². The molecule has 1 unspecified atom stereocenters. The molecule has 0 bridgehead atoms. The molecule has 1 saturated heterocycles. The molecule has 0 spiro atoms. The van der Waals surface area contributed by atoms with E-state index in [-0.39, 0.29) is 11.8 Å². The number of nitrogens with zero attached hydrogens (tertiary/aromatic N) is 2. The number of aliphatic carboxylic acids is 1. The number of likely N-dealkylation sites (tertiary alicyclic amines) is 1. The van der Waals surface area contributed by atoms with Crippen LogP contribution in [0, 0.1) is 22.7 Å². The smallest absolute Gasteiger partial charge is 0.304 e. The summed E-state index contributed by atoms with van der Waals surface area (Å²) in [4.78, 5) is 13.2. The molecule has 0 amide bonds. The number of carboxylic acids is 1. The zero-order valence-electron chi connectivity index (χ0n) is 18.6. The van der Waals surface area contributed by atoms with Crippen molar-refractivity contribution in [3.8, 4) is 11.8 Å². The minimum Gasteiger partial charge on any atom is -0.493 e. The van der Waals surface area contributed by atoms with Gasteiger partial charge in [0.15, 0.2) is 0 Å². The summed E-state index contributed by atoms with van der Waals surface area (Å²) in [5.74, 6) is 1.46. The first kappa shape index (κ1) is 22.4. The van der Waals surface area contributed by atoms with E-state index in [2.05, 4.69) is 41.3 Å². The summed E-state index contributed by atoms with van der Waals surface area (Å²) in [7, 11) is 0. The van der Waals surface area contributed by atoms with Gasteiger partial charge in [-0.3, -0.25) is 4.79 Å². The molecule has 2 atom stereocenters. The van der Waals surface area contributed by atoms with Crippen LogP contribution in [0.2, 0.25) is 0 Å². The molecule has 5 heteroatoms. The van der Waals surface area contributed by atoms with Crippen molar-refractivity contribution < 1.29 is 14.6 Å². The Kier molecular flexibility index (Phi) is 7.12. The van der Waals surface area contributed by atoms with Crippen LogP contribution in [-0.2, 0) is 4.79 Å². The summed E-state index contributed by atoms with van der Waals surface area (Å²) in [6.07, 6.45) is 5.85. The van der Waals surface area contributed by atoms with E-state index >= 15 is 0 Å². The van der Waals surface area contributed by atoms with E-state index in [1.807, 2.05) is 18.2 Å². The topological polar surface area (TPSA) is 73.6 Å². The maximum atomic E-state index is 10.9. The zero-order chi connectivity index (χ0) is 22.4. The Bertz CT molecular complexity index is 945. The number of hydrogen-bond acceptors (Lipinski definition) is 4. The summed E-state index contributed by atoms with van der Waals surface area (Å²) in [5, 5.41) is 18.2. The van der Waals surface area contributed by atoms with Gasteiger partial charge in [0.25, 0.3) is 0 Å². The third-order valence-electron chi connectivity index (χ3n) is 7.26. The second kappa shape index (κ2) is 10.2. The van der Waals surface area contributed by atoms with Crippen LogP contribution >= 0.6 is 0 Å². The molecule has 1 N–H and O–H groups in total. The maximum Gasteiger partial charge on any atom is 0.304 e. The molecular formula is C27H32N2O3. The first-order valence-corrected chi connectivity index (χ1v) is 11.7. The normalized spacial score (nSPS) is 22.1. The van der Waals surface area contributed by atoms with Gasteiger partial charge in [0.2, 0.25) is 0 Å². The first-order chi connectivity index (χ1) is 15.6. The van der Waals surface area contributed by atoms with Crippen LogP contribution in [0.3, 0.4) is 0 Å². The van der Waals surface area contributed by atoms with E-state index in [4.69, 9.17) is 15.1 Å². The van der Waals surface area contributed by atoms with Crippen LogP contribution in [0.5, 0.6) is 5.75 Å². The second-order valence-corrected chi connectivity index (χ2v) is 9.47. The summed E-state index contributed by atoms with van der Waals surface area (Å²) >= 11 is 0. The van der Waals surface area contributed by atoms with Gasteiger partial charge in [0.1, 0.15) is 5.75 Å². The predicted molar refractivity (Wildman–Crippen MR) is 124 cm³/mol. The summed E-state index contributed by atoms with van der Waals surface area (Å²) < 4.78 is 6.23. The van der Waals surface area contributed by atoms with E-state index in [0.29, 0.717) is 24.6 Å². The number of benzene rings is 2. The van der Waals surface area contributed by atoms with Gasteiger partial charge >= 0.3 is 5.97 Å². The number of nitriles is 1. The molecule has 1 aliphatic carbocycles. The largest absolute Gasteiger partial charge is 0.493 e. The first-order valence-electron chi connectivity index (χ1n) is 11.7. The SMILES string of the molecule is N#Cc1cccc(OCC2(CC[C@@H]3CC3c3ccccc3)CCN(CCC(=O)O)CC2)c1. The molecule has 32 heavy (non-hydrogen) atoms. The Morgan fingerprint density at radius 2 is 1.94 bits per heavy atom. The van der Waals surface area contributed by atoms with Gasteiger partial charge in [-0.05, 0) is 80.8 Å². The molecule has 2 aromatic rings. The minimum absolute atomic E-state index is 0.103. The molecule has 1 heterocycles. The molecule has 168 valence electrons. The fourth-order valence-corrected chi connectivity index (χ4v) is 5.03. The lowest BCUT2D eigenvalue weighted by atomic mass is 9.74. The van der Waals surface area contributed by atoms with Crippen LogP contribution in [0.15, 0.2) is 54.6 Å². The molecule has 0 aromatic heterocycles. The number of ether oxygens (including phenoxy) is 1. The van der Waals surface area contributed by atoms with Crippen molar-refractivity contribution in [3.63, 3.8) is 0 Å². The molecule has 2 fully saturated rings. The fourth-order valence-electron chi connectivity index (χ4n) is 5.03. The number of rotatable bonds is 10. The average Bonchev–Trinajstić information content (AvgIpc) is 3.62. The Balaban J connectivity index is 1.36. The van der Waals surface area contributed by atoms with E-state index in [9.17, 15) is 4.79 Å². The van der Waals surface area contributed by atoms with Crippen molar-refractivity contribution >= 4 is 5.97 Å². The quantitative estimate of drug-likeness (QED) is 0.567. The van der Waals surface area contributed by atoms with Crippen molar-refractivity contribution in [2.24, 2.45) is 11.3 Å². The lowest BCUT2D eigenvalue weighted by Crippen LogP contribution is -2.43. The van der Waals surface area contributed by atoms with Crippen molar-refractivity contribution in [1.82, 2.24) is 4.90 Å². The lowest BCUT2D eigenvalue weighted by molar-refractivity contribution is -0.137. The van der Waals surface area contributed by atoms with E-state index in [1.54, 1.807) is 6.07 Å². The van der Waals surface area contributed by atoms with E-state index in [0.717, 1.165) is 44.0 Å².